The standard InChI is InChI=1S/C14H16N2O2/c1-2-18-11-8-6-10(7-9-11)16-14(17)12-4-3-5-13(12)15-16/h6-9,12H,2-5H2,1H3. The van der Waals surface area contributed by atoms with E-state index < -0.39 is 0 Å². The highest BCUT2D eigenvalue weighted by molar-refractivity contribution is 6.16. The quantitative estimate of drug-likeness (QED) is 0.820. The van der Waals surface area contributed by atoms with Crippen LogP contribution in [-0.2, 0) is 4.79 Å². The van der Waals surface area contributed by atoms with Crippen LogP contribution in [0.3, 0.4) is 0 Å². The molecule has 1 saturated carbocycles. The van der Waals surface area contributed by atoms with E-state index in [9.17, 15) is 4.79 Å². The SMILES string of the molecule is CCOc1ccc(N2N=C3CCCC3C2=O)cc1. The molecule has 1 unspecified atom stereocenters. The van der Waals surface area contributed by atoms with E-state index in [0.717, 1.165) is 36.4 Å². The minimum absolute atomic E-state index is 0.0385. The van der Waals surface area contributed by atoms with Crippen molar-refractivity contribution in [1.82, 2.24) is 0 Å². The zero-order valence-electron chi connectivity index (χ0n) is 10.4. The van der Waals surface area contributed by atoms with Crippen molar-refractivity contribution in [1.29, 1.82) is 0 Å². The molecule has 0 aromatic heterocycles. The fourth-order valence-corrected chi connectivity index (χ4v) is 2.57. The maximum atomic E-state index is 12.2. The third kappa shape index (κ3) is 1.78. The third-order valence-corrected chi connectivity index (χ3v) is 3.46. The molecular weight excluding hydrogens is 228 g/mol. The van der Waals surface area contributed by atoms with Gasteiger partial charge in [0.1, 0.15) is 5.75 Å². The topological polar surface area (TPSA) is 41.9 Å². The first-order valence-electron chi connectivity index (χ1n) is 6.44. The van der Waals surface area contributed by atoms with E-state index in [0.29, 0.717) is 6.61 Å². The first kappa shape index (κ1) is 11.3. The lowest BCUT2D eigenvalue weighted by atomic mass is 10.1. The zero-order valence-corrected chi connectivity index (χ0v) is 10.4. The molecule has 1 heterocycles. The summed E-state index contributed by atoms with van der Waals surface area (Å²) >= 11 is 0. The number of hydrogen-bond donors (Lipinski definition) is 0. The molecule has 1 aliphatic heterocycles. The summed E-state index contributed by atoms with van der Waals surface area (Å²) in [5.41, 5.74) is 1.87. The van der Waals surface area contributed by atoms with Crippen molar-refractivity contribution in [3.63, 3.8) is 0 Å². The fourth-order valence-electron chi connectivity index (χ4n) is 2.57. The summed E-state index contributed by atoms with van der Waals surface area (Å²) in [4.78, 5) is 12.2. The number of carbonyl (C=O) groups excluding carboxylic acids is 1. The van der Waals surface area contributed by atoms with Gasteiger partial charge in [0.05, 0.1) is 23.9 Å². The molecule has 18 heavy (non-hydrogen) atoms. The van der Waals surface area contributed by atoms with Crippen LogP contribution in [0.5, 0.6) is 5.75 Å². The Balaban J connectivity index is 1.83. The number of amides is 1. The number of fused-ring (bicyclic) bond motifs is 1. The van der Waals surface area contributed by atoms with Gasteiger partial charge in [0, 0.05) is 0 Å². The van der Waals surface area contributed by atoms with Gasteiger partial charge in [0.25, 0.3) is 5.91 Å². The molecule has 0 bridgehead atoms. The molecule has 1 amide bonds. The van der Waals surface area contributed by atoms with Crippen molar-refractivity contribution in [3.05, 3.63) is 24.3 Å². The highest BCUT2D eigenvalue weighted by Crippen LogP contribution is 2.33. The molecule has 1 atom stereocenters. The molecule has 0 saturated heterocycles. The van der Waals surface area contributed by atoms with Gasteiger partial charge < -0.3 is 4.74 Å². The van der Waals surface area contributed by atoms with E-state index in [1.165, 1.54) is 5.01 Å². The number of carbonyl (C=O) groups is 1. The third-order valence-electron chi connectivity index (χ3n) is 3.46. The van der Waals surface area contributed by atoms with E-state index in [1.807, 2.05) is 31.2 Å². The summed E-state index contributed by atoms with van der Waals surface area (Å²) in [7, 11) is 0. The van der Waals surface area contributed by atoms with E-state index >= 15 is 0 Å². The minimum atomic E-state index is 0.0385. The van der Waals surface area contributed by atoms with Crippen LogP contribution in [0.15, 0.2) is 29.4 Å². The predicted molar refractivity (Wildman–Crippen MR) is 69.9 cm³/mol. The molecule has 0 N–H and O–H groups in total. The Kier molecular flexibility index (Phi) is 2.78. The lowest BCUT2D eigenvalue weighted by Gasteiger charge is -2.14. The average molecular weight is 244 g/mol. The summed E-state index contributed by atoms with van der Waals surface area (Å²) in [6.07, 6.45) is 3.00. The molecule has 2 aliphatic rings. The van der Waals surface area contributed by atoms with Crippen LogP contribution in [0.1, 0.15) is 26.2 Å². The minimum Gasteiger partial charge on any atom is -0.494 e. The molecule has 1 aromatic carbocycles. The smallest absolute Gasteiger partial charge is 0.256 e. The maximum Gasteiger partial charge on any atom is 0.256 e. The Bertz CT molecular complexity index is 493. The van der Waals surface area contributed by atoms with Crippen LogP contribution < -0.4 is 9.75 Å². The second-order valence-corrected chi connectivity index (χ2v) is 4.61. The van der Waals surface area contributed by atoms with Crippen LogP contribution in [-0.4, -0.2) is 18.2 Å². The molecule has 0 radical (unpaired) electrons. The number of rotatable bonds is 3. The summed E-state index contributed by atoms with van der Waals surface area (Å²) in [6.45, 7) is 2.59. The second-order valence-electron chi connectivity index (χ2n) is 4.61. The Morgan fingerprint density at radius 1 is 1.39 bits per heavy atom. The molecule has 4 nitrogen and oxygen atoms in total. The average Bonchev–Trinajstić information content (AvgIpc) is 2.95. The molecule has 3 rings (SSSR count). The zero-order chi connectivity index (χ0) is 12.5. The van der Waals surface area contributed by atoms with E-state index in [-0.39, 0.29) is 11.8 Å². The van der Waals surface area contributed by atoms with Crippen molar-refractivity contribution in [2.24, 2.45) is 11.0 Å². The Labute approximate surface area is 106 Å². The summed E-state index contributed by atoms with van der Waals surface area (Å²) in [6, 6.07) is 7.52. The number of hydrogen-bond acceptors (Lipinski definition) is 3. The van der Waals surface area contributed by atoms with Gasteiger partial charge in [-0.1, -0.05) is 0 Å². The van der Waals surface area contributed by atoms with Crippen molar-refractivity contribution in [2.75, 3.05) is 11.6 Å². The second kappa shape index (κ2) is 4.44. The normalized spacial score (nSPS) is 22.1. The maximum absolute atomic E-state index is 12.2. The summed E-state index contributed by atoms with van der Waals surface area (Å²) in [5, 5.41) is 5.97. The molecular formula is C14H16N2O2. The molecule has 1 aromatic rings. The van der Waals surface area contributed by atoms with Crippen molar-refractivity contribution in [2.45, 2.75) is 26.2 Å². The first-order chi connectivity index (χ1) is 8.79. The highest BCUT2D eigenvalue weighted by Gasteiger charge is 2.39. The van der Waals surface area contributed by atoms with Crippen LogP contribution in [0.4, 0.5) is 5.69 Å². The predicted octanol–water partition coefficient (Wildman–Crippen LogP) is 2.59. The Morgan fingerprint density at radius 2 is 2.17 bits per heavy atom. The van der Waals surface area contributed by atoms with Gasteiger partial charge in [0.15, 0.2) is 0 Å². The van der Waals surface area contributed by atoms with Gasteiger partial charge in [0.2, 0.25) is 0 Å². The van der Waals surface area contributed by atoms with Crippen molar-refractivity contribution >= 4 is 17.3 Å². The highest BCUT2D eigenvalue weighted by atomic mass is 16.5. The van der Waals surface area contributed by atoms with Gasteiger partial charge in [-0.05, 0) is 50.5 Å². The lowest BCUT2D eigenvalue weighted by molar-refractivity contribution is -0.119. The molecule has 4 heteroatoms. The summed E-state index contributed by atoms with van der Waals surface area (Å²) in [5.74, 6) is 0.976. The van der Waals surface area contributed by atoms with Crippen LogP contribution >= 0.6 is 0 Å². The van der Waals surface area contributed by atoms with Crippen molar-refractivity contribution < 1.29 is 9.53 Å². The molecule has 1 fully saturated rings. The summed E-state index contributed by atoms with van der Waals surface area (Å²) < 4.78 is 5.39. The Hall–Kier alpha value is -1.84. The monoisotopic (exact) mass is 244 g/mol. The van der Waals surface area contributed by atoms with E-state index in [4.69, 9.17) is 4.74 Å². The van der Waals surface area contributed by atoms with Gasteiger partial charge in [-0.3, -0.25) is 4.79 Å². The number of hydrazone groups is 1. The van der Waals surface area contributed by atoms with Gasteiger partial charge in [-0.25, -0.2) is 5.01 Å². The fraction of sp³-hybridized carbons (Fsp3) is 0.429. The lowest BCUT2D eigenvalue weighted by Crippen LogP contribution is -2.25. The largest absolute Gasteiger partial charge is 0.494 e. The molecule has 94 valence electrons. The van der Waals surface area contributed by atoms with Crippen LogP contribution in [0, 0.1) is 5.92 Å². The number of ether oxygens (including phenoxy) is 1. The van der Waals surface area contributed by atoms with Gasteiger partial charge in [-0.15, -0.1) is 0 Å². The molecule has 0 spiro atoms. The van der Waals surface area contributed by atoms with Crippen LogP contribution in [0.25, 0.3) is 0 Å². The van der Waals surface area contributed by atoms with E-state index in [1.54, 1.807) is 0 Å². The first-order valence-corrected chi connectivity index (χ1v) is 6.44. The number of benzene rings is 1. The number of nitrogens with zero attached hydrogens (tertiary/aromatic N) is 2. The number of anilines is 1. The molecule has 1 aliphatic carbocycles. The van der Waals surface area contributed by atoms with E-state index in [2.05, 4.69) is 5.10 Å². The Morgan fingerprint density at radius 3 is 2.83 bits per heavy atom. The van der Waals surface area contributed by atoms with Gasteiger partial charge in [-0.2, -0.15) is 5.10 Å². The van der Waals surface area contributed by atoms with Gasteiger partial charge >= 0.3 is 0 Å². The van der Waals surface area contributed by atoms with Crippen LogP contribution in [0.2, 0.25) is 0 Å². The van der Waals surface area contributed by atoms with Crippen molar-refractivity contribution in [3.8, 4) is 5.75 Å².